The van der Waals surface area contributed by atoms with E-state index < -0.39 is 5.41 Å². The van der Waals surface area contributed by atoms with E-state index in [1.807, 2.05) is 19.9 Å². The quantitative estimate of drug-likeness (QED) is 0.570. The Bertz CT molecular complexity index is 1170. The van der Waals surface area contributed by atoms with Crippen molar-refractivity contribution in [3.05, 3.63) is 30.0 Å². The van der Waals surface area contributed by atoms with Crippen LogP contribution in [0.2, 0.25) is 0 Å². The average molecular weight is 507 g/mol. The summed E-state index contributed by atoms with van der Waals surface area (Å²) in [6.45, 7) is 5.33. The summed E-state index contributed by atoms with van der Waals surface area (Å²) in [7, 11) is 3.38. The normalized spacial score (nSPS) is 19.7. The first-order chi connectivity index (χ1) is 17.8. The lowest BCUT2D eigenvalue weighted by Crippen LogP contribution is -2.45. The van der Waals surface area contributed by atoms with Crippen molar-refractivity contribution < 1.29 is 14.3 Å². The highest BCUT2D eigenvalue weighted by Crippen LogP contribution is 2.40. The smallest absolute Gasteiger partial charge is 0.251 e. The number of nitrogens with zero attached hydrogens (tertiary/aromatic N) is 4. The molecule has 37 heavy (non-hydrogen) atoms. The minimum absolute atomic E-state index is 0.0615. The second-order valence-electron chi connectivity index (χ2n) is 11.3. The molecule has 198 valence electrons. The first kappa shape index (κ1) is 25.3. The molecule has 9 heteroatoms. The zero-order valence-electron chi connectivity index (χ0n) is 22.3. The minimum Gasteiger partial charge on any atom is -0.495 e. The highest BCUT2D eigenvalue weighted by atomic mass is 16.5. The van der Waals surface area contributed by atoms with Gasteiger partial charge in [0.15, 0.2) is 5.82 Å². The van der Waals surface area contributed by atoms with Crippen LogP contribution in [0.4, 0.5) is 23.1 Å². The van der Waals surface area contributed by atoms with Crippen molar-refractivity contribution in [3.63, 3.8) is 0 Å². The van der Waals surface area contributed by atoms with E-state index in [-0.39, 0.29) is 11.8 Å². The summed E-state index contributed by atoms with van der Waals surface area (Å²) >= 11 is 0. The van der Waals surface area contributed by atoms with Crippen LogP contribution in [0.15, 0.2) is 24.4 Å². The van der Waals surface area contributed by atoms with Crippen molar-refractivity contribution in [2.45, 2.75) is 64.8 Å². The number of hydrogen-bond donors (Lipinski definition) is 2. The highest BCUT2D eigenvalue weighted by Gasteiger charge is 2.41. The van der Waals surface area contributed by atoms with Gasteiger partial charge in [-0.1, -0.05) is 19.3 Å². The Hall–Kier alpha value is -3.36. The lowest BCUT2D eigenvalue weighted by atomic mass is 9.85. The van der Waals surface area contributed by atoms with Gasteiger partial charge >= 0.3 is 0 Å². The largest absolute Gasteiger partial charge is 0.495 e. The molecule has 2 heterocycles. The second-order valence-corrected chi connectivity index (χ2v) is 11.3. The number of fused-ring (bicyclic) bond motifs is 1. The van der Waals surface area contributed by atoms with E-state index >= 15 is 0 Å². The van der Waals surface area contributed by atoms with Crippen LogP contribution < -0.4 is 25.2 Å². The van der Waals surface area contributed by atoms with Gasteiger partial charge in [-0.05, 0) is 63.6 Å². The van der Waals surface area contributed by atoms with Crippen LogP contribution in [0, 0.1) is 11.3 Å². The molecule has 5 rings (SSSR count). The van der Waals surface area contributed by atoms with E-state index in [4.69, 9.17) is 9.72 Å². The average Bonchev–Trinajstić information content (AvgIpc) is 3.38. The first-order valence-electron chi connectivity index (χ1n) is 13.4. The van der Waals surface area contributed by atoms with Crippen molar-refractivity contribution in [2.75, 3.05) is 42.4 Å². The number of carbonyl (C=O) groups is 2. The van der Waals surface area contributed by atoms with Crippen molar-refractivity contribution in [3.8, 4) is 5.75 Å². The molecule has 2 N–H and O–H groups in total. The highest BCUT2D eigenvalue weighted by molar-refractivity contribution is 6.01. The molecule has 2 aliphatic carbocycles. The molecule has 1 aromatic heterocycles. The van der Waals surface area contributed by atoms with Gasteiger partial charge in [0.05, 0.1) is 24.4 Å². The van der Waals surface area contributed by atoms with E-state index in [0.29, 0.717) is 41.5 Å². The molecular weight excluding hydrogens is 468 g/mol. The Morgan fingerprint density at radius 3 is 2.59 bits per heavy atom. The maximum atomic E-state index is 13.2. The Morgan fingerprint density at radius 1 is 1.16 bits per heavy atom. The van der Waals surface area contributed by atoms with E-state index in [1.54, 1.807) is 37.4 Å². The van der Waals surface area contributed by atoms with Gasteiger partial charge in [0.2, 0.25) is 11.9 Å². The topological polar surface area (TPSA) is 99.7 Å². The molecular formula is C28H38N6O3. The molecule has 0 radical (unpaired) electrons. The number of benzene rings is 1. The number of anilines is 4. The van der Waals surface area contributed by atoms with Crippen molar-refractivity contribution in [2.24, 2.45) is 11.3 Å². The van der Waals surface area contributed by atoms with Gasteiger partial charge in [0, 0.05) is 31.7 Å². The predicted molar refractivity (Wildman–Crippen MR) is 145 cm³/mol. The number of methoxy groups -OCH3 is 1. The summed E-state index contributed by atoms with van der Waals surface area (Å²) in [6, 6.07) is 5.69. The van der Waals surface area contributed by atoms with Gasteiger partial charge in [-0.15, -0.1) is 0 Å². The van der Waals surface area contributed by atoms with Gasteiger partial charge < -0.3 is 25.2 Å². The Balaban J connectivity index is 1.41. The number of rotatable bonds is 7. The minimum atomic E-state index is -0.538. The van der Waals surface area contributed by atoms with Crippen LogP contribution in [0.25, 0.3) is 0 Å². The lowest BCUT2D eigenvalue weighted by molar-refractivity contribution is -0.125. The summed E-state index contributed by atoms with van der Waals surface area (Å²) in [6.07, 6.45) is 9.92. The van der Waals surface area contributed by atoms with Crippen molar-refractivity contribution in [1.29, 1.82) is 0 Å². The summed E-state index contributed by atoms with van der Waals surface area (Å²) in [5, 5.41) is 6.31. The molecule has 0 saturated heterocycles. The summed E-state index contributed by atoms with van der Waals surface area (Å²) in [5.74, 6) is 2.29. The number of nitrogens with one attached hydrogen (secondary N) is 2. The van der Waals surface area contributed by atoms with Crippen LogP contribution in [0.1, 0.15) is 69.2 Å². The molecule has 2 fully saturated rings. The molecule has 3 aliphatic rings. The van der Waals surface area contributed by atoms with Gasteiger partial charge in [-0.2, -0.15) is 4.98 Å². The van der Waals surface area contributed by atoms with E-state index in [1.165, 1.54) is 32.1 Å². The van der Waals surface area contributed by atoms with E-state index in [9.17, 15) is 9.59 Å². The maximum absolute atomic E-state index is 13.2. The van der Waals surface area contributed by atoms with Crippen LogP contribution in [-0.2, 0) is 4.79 Å². The van der Waals surface area contributed by atoms with Crippen LogP contribution in [-0.4, -0.2) is 55.1 Å². The molecule has 0 atom stereocenters. The maximum Gasteiger partial charge on any atom is 0.251 e. The second kappa shape index (κ2) is 10.2. The van der Waals surface area contributed by atoms with Crippen molar-refractivity contribution >= 4 is 35.0 Å². The molecule has 9 nitrogen and oxygen atoms in total. The fourth-order valence-electron chi connectivity index (χ4n) is 5.62. The molecule has 1 aromatic carbocycles. The van der Waals surface area contributed by atoms with Crippen molar-refractivity contribution in [1.82, 2.24) is 15.3 Å². The standard InChI is InChI=1S/C28H38N6O3/c1-28(2)17-34(20-10-5-6-11-20)24-22(33(3)26(28)36)16-30-27(32-24)31-21-13-12-19(14-23(21)37-4)25(35)29-15-18-8-7-9-18/h12-14,16,18,20H,5-11,15,17H2,1-4H3,(H,29,35)(H,30,31,32). The Labute approximate surface area is 219 Å². The van der Waals surface area contributed by atoms with E-state index in [0.717, 1.165) is 30.9 Å². The first-order valence-corrected chi connectivity index (χ1v) is 13.4. The number of aromatic nitrogens is 2. The zero-order chi connectivity index (χ0) is 26.2. The number of carbonyl (C=O) groups excluding carboxylic acids is 2. The third-order valence-corrected chi connectivity index (χ3v) is 8.08. The number of amides is 2. The Morgan fingerprint density at radius 2 is 1.92 bits per heavy atom. The number of ether oxygens (including phenoxy) is 1. The fraction of sp³-hybridized carbons (Fsp3) is 0.571. The van der Waals surface area contributed by atoms with Gasteiger partial charge in [0.1, 0.15) is 11.4 Å². The summed E-state index contributed by atoms with van der Waals surface area (Å²) < 4.78 is 5.60. The van der Waals surface area contributed by atoms with Crippen LogP contribution in [0.3, 0.4) is 0 Å². The third kappa shape index (κ3) is 5.08. The zero-order valence-corrected chi connectivity index (χ0v) is 22.3. The Kier molecular flexibility index (Phi) is 6.96. The fourth-order valence-corrected chi connectivity index (χ4v) is 5.62. The molecule has 0 bridgehead atoms. The van der Waals surface area contributed by atoms with Gasteiger partial charge in [-0.3, -0.25) is 9.59 Å². The number of hydrogen-bond acceptors (Lipinski definition) is 7. The molecule has 2 amide bonds. The monoisotopic (exact) mass is 506 g/mol. The SMILES string of the molecule is COc1cc(C(=O)NCC2CCC2)ccc1Nc1ncc2c(n1)N(C1CCCC1)CC(C)(C)C(=O)N2C. The summed E-state index contributed by atoms with van der Waals surface area (Å²) in [5.41, 5.74) is 1.41. The lowest BCUT2D eigenvalue weighted by Gasteiger charge is -2.34. The van der Waals surface area contributed by atoms with Gasteiger partial charge in [-0.25, -0.2) is 4.98 Å². The van der Waals surface area contributed by atoms with Crippen LogP contribution in [0.5, 0.6) is 5.75 Å². The van der Waals surface area contributed by atoms with E-state index in [2.05, 4.69) is 20.5 Å². The van der Waals surface area contributed by atoms with Gasteiger partial charge in [0.25, 0.3) is 5.91 Å². The molecule has 2 saturated carbocycles. The summed E-state index contributed by atoms with van der Waals surface area (Å²) in [4.78, 5) is 39.3. The van der Waals surface area contributed by atoms with Crippen LogP contribution >= 0.6 is 0 Å². The molecule has 2 aromatic rings. The predicted octanol–water partition coefficient (Wildman–Crippen LogP) is 4.51. The third-order valence-electron chi connectivity index (χ3n) is 8.08. The molecule has 0 spiro atoms. The molecule has 0 unspecified atom stereocenters. The molecule has 1 aliphatic heterocycles.